The average molecular weight is 704 g/mol. The largest absolute Gasteiger partial charge is 0.439 e. The Bertz CT molecular complexity index is 1820. The van der Waals surface area contributed by atoms with Gasteiger partial charge in [-0.15, -0.1) is 0 Å². The van der Waals surface area contributed by atoms with Crippen molar-refractivity contribution in [3.8, 4) is 34.8 Å². The second-order valence-electron chi connectivity index (χ2n) is 11.3. The van der Waals surface area contributed by atoms with Gasteiger partial charge in [0, 0.05) is 36.5 Å². The molecular formula is C41H37NO10. The first kappa shape index (κ1) is 37.1. The molecule has 266 valence electrons. The summed E-state index contributed by atoms with van der Waals surface area (Å²) in [5.41, 5.74) is 1.55. The van der Waals surface area contributed by atoms with Gasteiger partial charge in [0.2, 0.25) is 11.8 Å². The van der Waals surface area contributed by atoms with Gasteiger partial charge in [-0.25, -0.2) is 9.59 Å². The first-order valence-corrected chi connectivity index (χ1v) is 16.7. The quantitative estimate of drug-likeness (QED) is 0.0377. The summed E-state index contributed by atoms with van der Waals surface area (Å²) in [6.07, 6.45) is 1.66. The zero-order valence-electron chi connectivity index (χ0n) is 28.7. The van der Waals surface area contributed by atoms with Gasteiger partial charge < -0.3 is 28.4 Å². The SMILES string of the molecule is CCCOCC(=O)c1ccc(OC(=O)c2ccc(Oc3cccc(Oc4ccc(C(=O)Oc5ccc(C(=O)COCCC)cc5)cc4)n3)cc2)cc1. The molecule has 0 radical (unpaired) electrons. The van der Waals surface area contributed by atoms with Crippen molar-refractivity contribution in [3.05, 3.63) is 138 Å². The highest BCUT2D eigenvalue weighted by Crippen LogP contribution is 2.26. The molecule has 0 amide bonds. The summed E-state index contributed by atoms with van der Waals surface area (Å²) in [5, 5.41) is 0. The molecule has 0 saturated carbocycles. The number of carbonyl (C=O) groups is 4. The third-order valence-electron chi connectivity index (χ3n) is 7.26. The minimum atomic E-state index is -0.569. The van der Waals surface area contributed by atoms with E-state index in [1.54, 1.807) is 115 Å². The van der Waals surface area contributed by atoms with Crippen LogP contribution in [0, 0.1) is 0 Å². The molecule has 52 heavy (non-hydrogen) atoms. The van der Waals surface area contributed by atoms with E-state index in [0.717, 1.165) is 12.8 Å². The number of ether oxygens (including phenoxy) is 6. The molecular weight excluding hydrogens is 666 g/mol. The van der Waals surface area contributed by atoms with Gasteiger partial charge in [0.05, 0.1) is 11.1 Å². The summed E-state index contributed by atoms with van der Waals surface area (Å²) in [6.45, 7) is 4.97. The molecule has 0 bridgehead atoms. The van der Waals surface area contributed by atoms with Crippen LogP contribution in [0.4, 0.5) is 0 Å². The molecule has 1 aromatic heterocycles. The third kappa shape index (κ3) is 10.9. The van der Waals surface area contributed by atoms with Gasteiger partial charge in [0.25, 0.3) is 0 Å². The average Bonchev–Trinajstić information content (AvgIpc) is 3.16. The minimum Gasteiger partial charge on any atom is -0.439 e. The Labute approximate surface area is 301 Å². The first-order valence-electron chi connectivity index (χ1n) is 16.7. The predicted octanol–water partition coefficient (Wildman–Crippen LogP) is 8.32. The number of ketones is 2. The molecule has 11 nitrogen and oxygen atoms in total. The van der Waals surface area contributed by atoms with Crippen LogP contribution >= 0.6 is 0 Å². The fourth-order valence-corrected chi connectivity index (χ4v) is 4.60. The summed E-state index contributed by atoms with van der Waals surface area (Å²) < 4.78 is 33.2. The molecule has 5 aromatic rings. The Morgan fingerprint density at radius 3 is 1.17 bits per heavy atom. The Morgan fingerprint density at radius 2 is 0.808 bits per heavy atom. The fourth-order valence-electron chi connectivity index (χ4n) is 4.60. The smallest absolute Gasteiger partial charge is 0.343 e. The zero-order valence-corrected chi connectivity index (χ0v) is 28.7. The molecule has 0 fully saturated rings. The van der Waals surface area contributed by atoms with Crippen molar-refractivity contribution in [3.63, 3.8) is 0 Å². The molecule has 5 rings (SSSR count). The van der Waals surface area contributed by atoms with E-state index in [1.807, 2.05) is 13.8 Å². The van der Waals surface area contributed by atoms with Crippen LogP contribution in [-0.2, 0) is 9.47 Å². The van der Waals surface area contributed by atoms with E-state index in [4.69, 9.17) is 28.4 Å². The molecule has 0 saturated heterocycles. The van der Waals surface area contributed by atoms with Gasteiger partial charge in [-0.1, -0.05) is 19.9 Å². The van der Waals surface area contributed by atoms with Gasteiger partial charge >= 0.3 is 11.9 Å². The van der Waals surface area contributed by atoms with Crippen LogP contribution in [-0.4, -0.2) is 54.9 Å². The van der Waals surface area contributed by atoms with E-state index in [9.17, 15) is 19.2 Å². The fraction of sp³-hybridized carbons (Fsp3) is 0.195. The summed E-state index contributed by atoms with van der Waals surface area (Å²) in [5.74, 6) is 0.542. The number of hydrogen-bond donors (Lipinski definition) is 0. The van der Waals surface area contributed by atoms with E-state index >= 15 is 0 Å². The molecule has 0 aliphatic heterocycles. The van der Waals surface area contributed by atoms with Crippen molar-refractivity contribution in [2.45, 2.75) is 26.7 Å². The number of rotatable bonds is 18. The first-order chi connectivity index (χ1) is 25.3. The molecule has 0 spiro atoms. The lowest BCUT2D eigenvalue weighted by molar-refractivity contribution is 0.0724. The monoisotopic (exact) mass is 703 g/mol. The number of esters is 2. The molecule has 0 N–H and O–H groups in total. The molecule has 4 aromatic carbocycles. The number of carbonyl (C=O) groups excluding carboxylic acids is 4. The topological polar surface area (TPSA) is 137 Å². The van der Waals surface area contributed by atoms with Gasteiger partial charge in [0.15, 0.2) is 11.6 Å². The van der Waals surface area contributed by atoms with Crippen LogP contribution in [0.3, 0.4) is 0 Å². The van der Waals surface area contributed by atoms with Crippen molar-refractivity contribution in [2.24, 2.45) is 0 Å². The van der Waals surface area contributed by atoms with Crippen molar-refractivity contribution in [1.82, 2.24) is 4.98 Å². The summed E-state index contributed by atoms with van der Waals surface area (Å²) >= 11 is 0. The van der Waals surface area contributed by atoms with Crippen LogP contribution in [0.2, 0.25) is 0 Å². The van der Waals surface area contributed by atoms with Gasteiger partial charge in [-0.3, -0.25) is 9.59 Å². The van der Waals surface area contributed by atoms with Crippen LogP contribution in [0.1, 0.15) is 68.1 Å². The maximum Gasteiger partial charge on any atom is 0.343 e. The molecule has 11 heteroatoms. The lowest BCUT2D eigenvalue weighted by Crippen LogP contribution is -2.10. The maximum absolute atomic E-state index is 12.7. The number of nitrogens with zero attached hydrogens (tertiary/aromatic N) is 1. The zero-order chi connectivity index (χ0) is 36.7. The maximum atomic E-state index is 12.7. The van der Waals surface area contributed by atoms with E-state index in [1.165, 1.54) is 0 Å². The second-order valence-corrected chi connectivity index (χ2v) is 11.3. The highest BCUT2D eigenvalue weighted by molar-refractivity contribution is 5.98. The summed E-state index contributed by atoms with van der Waals surface area (Å²) in [6, 6.07) is 30.3. The molecule has 0 aliphatic rings. The lowest BCUT2D eigenvalue weighted by Gasteiger charge is -2.09. The Hall–Kier alpha value is -6.17. The van der Waals surface area contributed by atoms with Crippen molar-refractivity contribution in [2.75, 3.05) is 26.4 Å². The number of benzene rings is 4. The molecule has 1 heterocycles. The van der Waals surface area contributed by atoms with Crippen LogP contribution < -0.4 is 18.9 Å². The summed E-state index contributed by atoms with van der Waals surface area (Å²) in [4.78, 5) is 54.1. The van der Waals surface area contributed by atoms with E-state index in [-0.39, 0.29) is 36.5 Å². The van der Waals surface area contributed by atoms with E-state index < -0.39 is 11.9 Å². The number of aromatic nitrogens is 1. The van der Waals surface area contributed by atoms with Crippen LogP contribution in [0.15, 0.2) is 115 Å². The second kappa shape index (κ2) is 18.7. The number of pyridine rings is 1. The van der Waals surface area contributed by atoms with Gasteiger partial charge in [0.1, 0.15) is 36.2 Å². The number of hydrogen-bond acceptors (Lipinski definition) is 11. The highest BCUT2D eigenvalue weighted by Gasteiger charge is 2.13. The van der Waals surface area contributed by atoms with Crippen LogP contribution in [0.25, 0.3) is 0 Å². The van der Waals surface area contributed by atoms with Crippen molar-refractivity contribution < 1.29 is 47.6 Å². The van der Waals surface area contributed by atoms with Gasteiger partial charge in [-0.05, 0) is 110 Å². The van der Waals surface area contributed by atoms with Crippen LogP contribution in [0.5, 0.6) is 34.8 Å². The highest BCUT2D eigenvalue weighted by atomic mass is 16.5. The van der Waals surface area contributed by atoms with Crippen molar-refractivity contribution >= 4 is 23.5 Å². The molecule has 0 aliphatic carbocycles. The Kier molecular flexibility index (Phi) is 13.4. The minimum absolute atomic E-state index is 0.00223. The van der Waals surface area contributed by atoms with Crippen molar-refractivity contribution in [1.29, 1.82) is 0 Å². The third-order valence-corrected chi connectivity index (χ3v) is 7.26. The van der Waals surface area contributed by atoms with E-state index in [2.05, 4.69) is 4.98 Å². The Balaban J connectivity index is 1.10. The number of Topliss-reactive ketones (excluding diaryl/α,β-unsaturated/α-hetero) is 2. The van der Waals surface area contributed by atoms with Gasteiger partial charge in [-0.2, -0.15) is 4.98 Å². The molecule has 0 atom stereocenters. The summed E-state index contributed by atoms with van der Waals surface area (Å²) in [7, 11) is 0. The standard InChI is InChI=1S/C41H37NO10/c1-3-24-47-26-36(43)28-8-16-34(17-9-28)51-40(45)30-12-20-32(21-13-30)49-38-6-5-7-39(42-38)50-33-22-14-31(15-23-33)41(46)52-35-18-10-29(11-19-35)37(44)27-48-25-4-2/h5-23H,3-4,24-27H2,1-2H3. The normalized spacial score (nSPS) is 10.7. The Morgan fingerprint density at radius 1 is 0.462 bits per heavy atom. The van der Waals surface area contributed by atoms with E-state index in [0.29, 0.717) is 58.5 Å². The predicted molar refractivity (Wildman–Crippen MR) is 191 cm³/mol. The molecule has 0 unspecified atom stereocenters. The lowest BCUT2D eigenvalue weighted by atomic mass is 10.1.